The number of benzene rings is 1. The number of amides is 1. The molecule has 0 aliphatic heterocycles. The summed E-state index contributed by atoms with van der Waals surface area (Å²) in [6.07, 6.45) is 3.76. The number of nitrogens with one attached hydrogen (secondary N) is 1. The number of carbonyl (C=O) groups excluding carboxylic acids is 1. The van der Waals surface area contributed by atoms with E-state index in [1.165, 1.54) is 6.07 Å². The summed E-state index contributed by atoms with van der Waals surface area (Å²) >= 11 is 0. The lowest BCUT2D eigenvalue weighted by Crippen LogP contribution is -2.53. The molecule has 3 N–H and O–H groups in total. The van der Waals surface area contributed by atoms with Gasteiger partial charge in [-0.2, -0.15) is 0 Å². The van der Waals surface area contributed by atoms with Gasteiger partial charge in [0.15, 0.2) is 0 Å². The van der Waals surface area contributed by atoms with Crippen molar-refractivity contribution in [3.63, 3.8) is 0 Å². The zero-order valence-electron chi connectivity index (χ0n) is 12.1. The molecule has 1 aromatic carbocycles. The Morgan fingerprint density at radius 1 is 1.50 bits per heavy atom. The van der Waals surface area contributed by atoms with Crippen LogP contribution in [0, 0.1) is 12.8 Å². The molecule has 1 aromatic rings. The van der Waals surface area contributed by atoms with Crippen molar-refractivity contribution in [2.24, 2.45) is 5.92 Å². The second-order valence-corrected chi connectivity index (χ2v) is 6.10. The van der Waals surface area contributed by atoms with Crippen LogP contribution in [-0.4, -0.2) is 28.3 Å². The van der Waals surface area contributed by atoms with Gasteiger partial charge in [-0.1, -0.05) is 25.8 Å². The van der Waals surface area contributed by atoms with Crippen molar-refractivity contribution < 1.29 is 15.0 Å². The van der Waals surface area contributed by atoms with Gasteiger partial charge in [-0.3, -0.25) is 4.79 Å². The van der Waals surface area contributed by atoms with E-state index < -0.39 is 5.54 Å². The lowest BCUT2D eigenvalue weighted by molar-refractivity contribution is 0.0697. The largest absolute Gasteiger partial charge is 0.508 e. The van der Waals surface area contributed by atoms with Gasteiger partial charge in [0, 0.05) is 5.56 Å². The average molecular weight is 277 g/mol. The number of aromatic hydroxyl groups is 1. The van der Waals surface area contributed by atoms with Crippen molar-refractivity contribution in [1.29, 1.82) is 0 Å². The van der Waals surface area contributed by atoms with E-state index in [2.05, 4.69) is 12.2 Å². The van der Waals surface area contributed by atoms with Crippen LogP contribution in [0.3, 0.4) is 0 Å². The molecule has 4 heteroatoms. The molecule has 0 aromatic heterocycles. The number of hydrogen-bond acceptors (Lipinski definition) is 3. The van der Waals surface area contributed by atoms with E-state index in [0.717, 1.165) is 31.2 Å². The lowest BCUT2D eigenvalue weighted by Gasteiger charge is -2.39. The summed E-state index contributed by atoms with van der Waals surface area (Å²) in [5.41, 5.74) is 0.652. The van der Waals surface area contributed by atoms with Gasteiger partial charge in [-0.15, -0.1) is 0 Å². The SMILES string of the molecule is Cc1ccc(C(=O)NC2(CO)CCCC(C)C2)cc1O. The first-order valence-corrected chi connectivity index (χ1v) is 7.19. The number of phenolic OH excluding ortho intramolecular Hbond substituents is 1. The summed E-state index contributed by atoms with van der Waals surface area (Å²) in [5.74, 6) is 0.388. The summed E-state index contributed by atoms with van der Waals surface area (Å²) in [6, 6.07) is 4.89. The molecule has 0 bridgehead atoms. The minimum Gasteiger partial charge on any atom is -0.508 e. The molecule has 0 heterocycles. The molecule has 0 radical (unpaired) electrons. The molecule has 1 amide bonds. The van der Waals surface area contributed by atoms with E-state index in [-0.39, 0.29) is 18.3 Å². The molecular formula is C16H23NO3. The molecule has 2 unspecified atom stereocenters. The highest BCUT2D eigenvalue weighted by Gasteiger charge is 2.35. The fraction of sp³-hybridized carbons (Fsp3) is 0.562. The molecule has 0 saturated heterocycles. The second kappa shape index (κ2) is 5.83. The Labute approximate surface area is 119 Å². The summed E-state index contributed by atoms with van der Waals surface area (Å²) in [6.45, 7) is 3.89. The zero-order chi connectivity index (χ0) is 14.8. The molecule has 4 nitrogen and oxygen atoms in total. The van der Waals surface area contributed by atoms with Gasteiger partial charge in [-0.05, 0) is 43.4 Å². The van der Waals surface area contributed by atoms with Crippen LogP contribution in [0.25, 0.3) is 0 Å². The van der Waals surface area contributed by atoms with Gasteiger partial charge >= 0.3 is 0 Å². The van der Waals surface area contributed by atoms with E-state index in [9.17, 15) is 15.0 Å². The normalized spacial score (nSPS) is 26.2. The highest BCUT2D eigenvalue weighted by Crippen LogP contribution is 2.32. The van der Waals surface area contributed by atoms with Crippen LogP contribution >= 0.6 is 0 Å². The van der Waals surface area contributed by atoms with Crippen LogP contribution in [0.5, 0.6) is 5.75 Å². The van der Waals surface area contributed by atoms with Crippen LogP contribution in [0.1, 0.15) is 48.5 Å². The number of carbonyl (C=O) groups is 1. The van der Waals surface area contributed by atoms with E-state index >= 15 is 0 Å². The minimum absolute atomic E-state index is 0.0408. The predicted molar refractivity (Wildman–Crippen MR) is 77.8 cm³/mol. The number of hydrogen-bond donors (Lipinski definition) is 3. The Morgan fingerprint density at radius 3 is 2.85 bits per heavy atom. The van der Waals surface area contributed by atoms with Gasteiger partial charge in [0.05, 0.1) is 12.1 Å². The van der Waals surface area contributed by atoms with Crippen LogP contribution in [0.2, 0.25) is 0 Å². The third kappa shape index (κ3) is 3.12. The highest BCUT2D eigenvalue weighted by atomic mass is 16.3. The molecule has 1 saturated carbocycles. The number of aliphatic hydroxyl groups is 1. The molecule has 20 heavy (non-hydrogen) atoms. The maximum Gasteiger partial charge on any atom is 0.251 e. The molecule has 2 rings (SSSR count). The van der Waals surface area contributed by atoms with Crippen LogP contribution in [0.15, 0.2) is 18.2 Å². The monoisotopic (exact) mass is 277 g/mol. The maximum absolute atomic E-state index is 12.3. The van der Waals surface area contributed by atoms with Gasteiger partial charge in [-0.25, -0.2) is 0 Å². The summed E-state index contributed by atoms with van der Waals surface area (Å²) in [7, 11) is 0. The molecule has 110 valence electrons. The van der Waals surface area contributed by atoms with Gasteiger partial charge < -0.3 is 15.5 Å². The topological polar surface area (TPSA) is 69.6 Å². The van der Waals surface area contributed by atoms with Crippen molar-refractivity contribution in [2.75, 3.05) is 6.61 Å². The molecule has 1 aliphatic carbocycles. The molecular weight excluding hydrogens is 254 g/mol. The second-order valence-electron chi connectivity index (χ2n) is 6.10. The fourth-order valence-electron chi connectivity index (χ4n) is 3.02. The Bertz CT molecular complexity index is 500. The Kier molecular flexibility index (Phi) is 4.33. The zero-order valence-corrected chi connectivity index (χ0v) is 12.1. The van der Waals surface area contributed by atoms with Gasteiger partial charge in [0.2, 0.25) is 0 Å². The van der Waals surface area contributed by atoms with Crippen molar-refractivity contribution in [1.82, 2.24) is 5.32 Å². The average Bonchev–Trinajstić information content (AvgIpc) is 2.41. The molecule has 1 aliphatic rings. The van der Waals surface area contributed by atoms with Crippen molar-refractivity contribution in [3.8, 4) is 5.75 Å². The number of aliphatic hydroxyl groups excluding tert-OH is 1. The van der Waals surface area contributed by atoms with Crippen molar-refractivity contribution in [2.45, 2.75) is 45.1 Å². The first-order chi connectivity index (χ1) is 9.46. The minimum atomic E-state index is -0.519. The highest BCUT2D eigenvalue weighted by molar-refractivity contribution is 5.95. The van der Waals surface area contributed by atoms with E-state index in [1.54, 1.807) is 19.1 Å². The predicted octanol–water partition coefficient (Wildman–Crippen LogP) is 2.37. The maximum atomic E-state index is 12.3. The number of aryl methyl sites for hydroxylation is 1. The lowest BCUT2D eigenvalue weighted by atomic mass is 9.76. The summed E-state index contributed by atoms with van der Waals surface area (Å²) < 4.78 is 0. The molecule has 0 spiro atoms. The Morgan fingerprint density at radius 2 is 2.25 bits per heavy atom. The summed E-state index contributed by atoms with van der Waals surface area (Å²) in [5, 5.41) is 22.4. The fourth-order valence-corrected chi connectivity index (χ4v) is 3.02. The van der Waals surface area contributed by atoms with Crippen molar-refractivity contribution >= 4 is 5.91 Å². The third-order valence-corrected chi connectivity index (χ3v) is 4.24. The smallest absolute Gasteiger partial charge is 0.251 e. The molecule has 2 atom stereocenters. The van der Waals surface area contributed by atoms with E-state index in [0.29, 0.717) is 11.5 Å². The first-order valence-electron chi connectivity index (χ1n) is 7.19. The van der Waals surface area contributed by atoms with E-state index in [1.807, 2.05) is 0 Å². The van der Waals surface area contributed by atoms with Gasteiger partial charge in [0.1, 0.15) is 5.75 Å². The number of phenols is 1. The van der Waals surface area contributed by atoms with Crippen molar-refractivity contribution in [3.05, 3.63) is 29.3 Å². The Balaban J connectivity index is 2.14. The van der Waals surface area contributed by atoms with Gasteiger partial charge in [0.25, 0.3) is 5.91 Å². The number of rotatable bonds is 3. The standard InChI is InChI=1S/C16H23NO3/c1-11-4-3-7-16(9-11,10-18)17-15(20)13-6-5-12(2)14(19)8-13/h5-6,8,11,18-19H,3-4,7,9-10H2,1-2H3,(H,17,20). The van der Waals surface area contributed by atoms with E-state index in [4.69, 9.17) is 0 Å². The Hall–Kier alpha value is -1.55. The third-order valence-electron chi connectivity index (χ3n) is 4.24. The molecule has 1 fully saturated rings. The van der Waals surface area contributed by atoms with Crippen LogP contribution in [0.4, 0.5) is 0 Å². The summed E-state index contributed by atoms with van der Waals surface area (Å²) in [4.78, 5) is 12.3. The van der Waals surface area contributed by atoms with Crippen LogP contribution < -0.4 is 5.32 Å². The van der Waals surface area contributed by atoms with Crippen LogP contribution in [-0.2, 0) is 0 Å². The quantitative estimate of drug-likeness (QED) is 0.794. The first kappa shape index (κ1) is 14.9.